The highest BCUT2D eigenvalue weighted by molar-refractivity contribution is 5.94. The van der Waals surface area contributed by atoms with E-state index in [9.17, 15) is 9.59 Å². The molecule has 0 bridgehead atoms. The Bertz CT molecular complexity index is 1080. The van der Waals surface area contributed by atoms with Gasteiger partial charge in [-0.15, -0.1) is 5.10 Å². The van der Waals surface area contributed by atoms with E-state index in [4.69, 9.17) is 9.47 Å². The quantitative estimate of drug-likeness (QED) is 0.762. The normalized spacial score (nSPS) is 13.7. The first-order valence-corrected chi connectivity index (χ1v) is 8.59. The summed E-state index contributed by atoms with van der Waals surface area (Å²) in [6.45, 7) is 3.86. The van der Waals surface area contributed by atoms with Crippen molar-refractivity contribution >= 4 is 22.5 Å². The van der Waals surface area contributed by atoms with Gasteiger partial charge in [-0.25, -0.2) is 0 Å². The molecule has 0 fully saturated rings. The predicted molar refractivity (Wildman–Crippen MR) is 98.9 cm³/mol. The zero-order chi connectivity index (χ0) is 19.0. The lowest BCUT2D eigenvalue weighted by atomic mass is 10.0. The van der Waals surface area contributed by atoms with Crippen LogP contribution in [0.25, 0.3) is 10.9 Å². The standard InChI is InChI=1S/C19H18N4O4/c1-11(2)17(23-19(25)13-5-3-4-6-14(13)21-22-23)18(24)20-12-7-8-15-16(9-12)27-10-26-15/h3-9,11,17H,10H2,1-2H3,(H,20,24). The number of nitrogens with one attached hydrogen (secondary N) is 1. The molecule has 0 saturated carbocycles. The molecule has 1 N–H and O–H groups in total. The van der Waals surface area contributed by atoms with E-state index in [1.54, 1.807) is 42.5 Å². The van der Waals surface area contributed by atoms with Crippen LogP contribution in [0.15, 0.2) is 47.3 Å². The molecule has 0 aliphatic carbocycles. The summed E-state index contributed by atoms with van der Waals surface area (Å²) in [7, 11) is 0. The van der Waals surface area contributed by atoms with Crippen molar-refractivity contribution in [1.82, 2.24) is 15.0 Å². The van der Waals surface area contributed by atoms with Crippen molar-refractivity contribution in [3.63, 3.8) is 0 Å². The second-order valence-corrected chi connectivity index (χ2v) is 6.60. The van der Waals surface area contributed by atoms with Crippen LogP contribution >= 0.6 is 0 Å². The van der Waals surface area contributed by atoms with E-state index < -0.39 is 6.04 Å². The Morgan fingerprint density at radius 1 is 1.15 bits per heavy atom. The highest BCUT2D eigenvalue weighted by atomic mass is 16.7. The second-order valence-electron chi connectivity index (χ2n) is 6.60. The summed E-state index contributed by atoms with van der Waals surface area (Å²) < 4.78 is 11.7. The Kier molecular flexibility index (Phi) is 4.23. The summed E-state index contributed by atoms with van der Waals surface area (Å²) in [6.07, 6.45) is 0. The molecule has 8 nitrogen and oxygen atoms in total. The van der Waals surface area contributed by atoms with Gasteiger partial charge in [-0.1, -0.05) is 31.2 Å². The molecule has 0 saturated heterocycles. The number of benzene rings is 2. The van der Waals surface area contributed by atoms with Crippen LogP contribution in [0.1, 0.15) is 19.9 Å². The van der Waals surface area contributed by atoms with Crippen molar-refractivity contribution < 1.29 is 14.3 Å². The average molecular weight is 366 g/mol. The van der Waals surface area contributed by atoms with Crippen LogP contribution in [0.3, 0.4) is 0 Å². The van der Waals surface area contributed by atoms with Crippen LogP contribution in [-0.2, 0) is 4.79 Å². The lowest BCUT2D eigenvalue weighted by Gasteiger charge is -2.21. The molecule has 2 heterocycles. The average Bonchev–Trinajstić information content (AvgIpc) is 3.11. The zero-order valence-corrected chi connectivity index (χ0v) is 14.9. The third kappa shape index (κ3) is 3.10. The Morgan fingerprint density at radius 3 is 2.74 bits per heavy atom. The molecule has 1 aliphatic heterocycles. The number of amides is 1. The van der Waals surface area contributed by atoms with Gasteiger partial charge < -0.3 is 14.8 Å². The van der Waals surface area contributed by atoms with Gasteiger partial charge in [-0.3, -0.25) is 9.59 Å². The third-order valence-corrected chi connectivity index (χ3v) is 4.40. The van der Waals surface area contributed by atoms with E-state index in [1.165, 1.54) is 0 Å². The molecule has 0 spiro atoms. The van der Waals surface area contributed by atoms with Gasteiger partial charge in [-0.2, -0.15) is 4.68 Å². The number of hydrogen-bond donors (Lipinski definition) is 1. The molecule has 1 aliphatic rings. The highest BCUT2D eigenvalue weighted by Crippen LogP contribution is 2.34. The largest absolute Gasteiger partial charge is 0.454 e. The minimum atomic E-state index is -0.806. The summed E-state index contributed by atoms with van der Waals surface area (Å²) >= 11 is 0. The zero-order valence-electron chi connectivity index (χ0n) is 14.9. The Balaban J connectivity index is 1.67. The maximum Gasteiger partial charge on any atom is 0.278 e. The predicted octanol–water partition coefficient (Wildman–Crippen LogP) is 2.36. The first kappa shape index (κ1) is 17.0. The minimum absolute atomic E-state index is 0.156. The molecule has 1 unspecified atom stereocenters. The van der Waals surface area contributed by atoms with Crippen LogP contribution in [-0.4, -0.2) is 27.7 Å². The fraction of sp³-hybridized carbons (Fsp3) is 0.263. The van der Waals surface area contributed by atoms with Crippen molar-refractivity contribution in [3.05, 3.63) is 52.8 Å². The Morgan fingerprint density at radius 2 is 1.93 bits per heavy atom. The molecule has 1 aromatic heterocycles. The number of aromatic nitrogens is 3. The molecule has 1 amide bonds. The van der Waals surface area contributed by atoms with Crippen molar-refractivity contribution in [3.8, 4) is 11.5 Å². The van der Waals surface area contributed by atoms with Gasteiger partial charge in [0.2, 0.25) is 12.7 Å². The van der Waals surface area contributed by atoms with Crippen molar-refractivity contribution in [2.24, 2.45) is 5.92 Å². The Hall–Kier alpha value is -3.42. The van der Waals surface area contributed by atoms with Gasteiger partial charge in [0.25, 0.3) is 5.56 Å². The number of hydrogen-bond acceptors (Lipinski definition) is 6. The molecule has 138 valence electrons. The number of carbonyl (C=O) groups excluding carboxylic acids is 1. The number of rotatable bonds is 4. The fourth-order valence-corrected chi connectivity index (χ4v) is 3.07. The lowest BCUT2D eigenvalue weighted by Crippen LogP contribution is -2.38. The number of carbonyl (C=O) groups is 1. The van der Waals surface area contributed by atoms with Gasteiger partial charge >= 0.3 is 0 Å². The summed E-state index contributed by atoms with van der Waals surface area (Å²) in [4.78, 5) is 25.8. The van der Waals surface area contributed by atoms with E-state index in [0.29, 0.717) is 28.1 Å². The summed E-state index contributed by atoms with van der Waals surface area (Å²) in [5, 5.41) is 11.3. The summed E-state index contributed by atoms with van der Waals surface area (Å²) in [6, 6.07) is 11.3. The smallest absolute Gasteiger partial charge is 0.278 e. The van der Waals surface area contributed by atoms with Crippen LogP contribution in [0.2, 0.25) is 0 Å². The van der Waals surface area contributed by atoms with Gasteiger partial charge in [0, 0.05) is 11.8 Å². The highest BCUT2D eigenvalue weighted by Gasteiger charge is 2.28. The van der Waals surface area contributed by atoms with E-state index in [0.717, 1.165) is 4.68 Å². The summed E-state index contributed by atoms with van der Waals surface area (Å²) in [5.74, 6) is 0.671. The van der Waals surface area contributed by atoms with Crippen LogP contribution in [0.4, 0.5) is 5.69 Å². The number of nitrogens with zero attached hydrogens (tertiary/aromatic N) is 3. The number of anilines is 1. The first-order chi connectivity index (χ1) is 13.0. The SMILES string of the molecule is CC(C)C(C(=O)Nc1ccc2c(c1)OCO2)n1nnc2ccccc2c1=O. The van der Waals surface area contributed by atoms with Crippen LogP contribution in [0.5, 0.6) is 11.5 Å². The van der Waals surface area contributed by atoms with E-state index in [2.05, 4.69) is 15.6 Å². The molecule has 8 heteroatoms. The van der Waals surface area contributed by atoms with Crippen LogP contribution in [0, 0.1) is 5.92 Å². The maximum absolute atomic E-state index is 12.9. The molecule has 4 rings (SSSR count). The fourth-order valence-electron chi connectivity index (χ4n) is 3.07. The summed E-state index contributed by atoms with van der Waals surface area (Å²) in [5.41, 5.74) is 0.703. The number of ether oxygens (including phenoxy) is 2. The maximum atomic E-state index is 12.9. The van der Waals surface area contributed by atoms with Gasteiger partial charge in [0.1, 0.15) is 11.6 Å². The molecule has 3 aromatic rings. The van der Waals surface area contributed by atoms with Crippen molar-refractivity contribution in [2.75, 3.05) is 12.1 Å². The van der Waals surface area contributed by atoms with Gasteiger partial charge in [-0.05, 0) is 30.2 Å². The Labute approximate surface area is 154 Å². The monoisotopic (exact) mass is 366 g/mol. The molecular formula is C19H18N4O4. The van der Waals surface area contributed by atoms with Crippen molar-refractivity contribution in [1.29, 1.82) is 0 Å². The lowest BCUT2D eigenvalue weighted by molar-refractivity contribution is -0.120. The number of fused-ring (bicyclic) bond motifs is 2. The van der Waals surface area contributed by atoms with E-state index in [-0.39, 0.29) is 24.2 Å². The topological polar surface area (TPSA) is 95.3 Å². The first-order valence-electron chi connectivity index (χ1n) is 8.59. The second kappa shape index (κ2) is 6.71. The molecular weight excluding hydrogens is 348 g/mol. The molecule has 27 heavy (non-hydrogen) atoms. The molecule has 2 aromatic carbocycles. The van der Waals surface area contributed by atoms with Gasteiger partial charge in [0.15, 0.2) is 11.5 Å². The van der Waals surface area contributed by atoms with E-state index >= 15 is 0 Å². The van der Waals surface area contributed by atoms with E-state index in [1.807, 2.05) is 13.8 Å². The van der Waals surface area contributed by atoms with Crippen LogP contribution < -0.4 is 20.3 Å². The molecule has 0 radical (unpaired) electrons. The third-order valence-electron chi connectivity index (χ3n) is 4.40. The van der Waals surface area contributed by atoms with Crippen molar-refractivity contribution in [2.45, 2.75) is 19.9 Å². The molecule has 1 atom stereocenters. The van der Waals surface area contributed by atoms with Gasteiger partial charge in [0.05, 0.1) is 5.39 Å². The minimum Gasteiger partial charge on any atom is -0.454 e.